The van der Waals surface area contributed by atoms with Crippen molar-refractivity contribution in [3.63, 3.8) is 0 Å². The topological polar surface area (TPSA) is 57.7 Å². The number of nitrogens with zero attached hydrogens (tertiary/aromatic N) is 3. The molecule has 1 amide bonds. The average molecular weight is 306 g/mol. The van der Waals surface area contributed by atoms with Crippen molar-refractivity contribution in [2.24, 2.45) is 0 Å². The predicted octanol–water partition coefficient (Wildman–Crippen LogP) is 0.00430. The van der Waals surface area contributed by atoms with Gasteiger partial charge in [-0.05, 0) is 31.2 Å². The van der Waals surface area contributed by atoms with Gasteiger partial charge in [0, 0.05) is 45.1 Å². The first-order chi connectivity index (χ1) is 10.7. The van der Waals surface area contributed by atoms with Gasteiger partial charge in [0.1, 0.15) is 0 Å². The molecule has 0 aromatic carbocycles. The Morgan fingerprint density at radius 2 is 2.09 bits per heavy atom. The highest BCUT2D eigenvalue weighted by Crippen LogP contribution is 1.99. The van der Waals surface area contributed by atoms with Crippen LogP contribution in [0.5, 0.6) is 0 Å². The van der Waals surface area contributed by atoms with Crippen LogP contribution < -0.4 is 5.32 Å². The second-order valence-electron chi connectivity index (χ2n) is 5.65. The smallest absolute Gasteiger partial charge is 0.234 e. The number of ether oxygens (including phenoxy) is 1. The van der Waals surface area contributed by atoms with Crippen molar-refractivity contribution in [1.29, 1.82) is 0 Å². The van der Waals surface area contributed by atoms with Gasteiger partial charge in [0.2, 0.25) is 5.91 Å². The van der Waals surface area contributed by atoms with Crippen LogP contribution in [-0.2, 0) is 16.0 Å². The SMILES string of the molecule is CN(CCc1ccncc1)CC(=O)NCCN1CCOCC1. The summed E-state index contributed by atoms with van der Waals surface area (Å²) < 4.78 is 5.30. The molecule has 2 heterocycles. The van der Waals surface area contributed by atoms with E-state index in [-0.39, 0.29) is 5.91 Å². The first-order valence-electron chi connectivity index (χ1n) is 7.88. The molecule has 0 spiro atoms. The van der Waals surface area contributed by atoms with Crippen LogP contribution in [0.15, 0.2) is 24.5 Å². The van der Waals surface area contributed by atoms with Gasteiger partial charge in [-0.15, -0.1) is 0 Å². The molecule has 1 aliphatic rings. The maximum absolute atomic E-state index is 11.9. The lowest BCUT2D eigenvalue weighted by Gasteiger charge is -2.26. The molecule has 0 radical (unpaired) electrons. The molecule has 0 unspecified atom stereocenters. The fourth-order valence-corrected chi connectivity index (χ4v) is 2.43. The molecular weight excluding hydrogens is 280 g/mol. The van der Waals surface area contributed by atoms with Gasteiger partial charge in [0.05, 0.1) is 19.8 Å². The Labute approximate surface area is 132 Å². The third-order valence-electron chi connectivity index (χ3n) is 3.80. The number of hydrogen-bond donors (Lipinski definition) is 1. The van der Waals surface area contributed by atoms with Crippen LogP contribution >= 0.6 is 0 Å². The molecule has 1 saturated heterocycles. The zero-order valence-corrected chi connectivity index (χ0v) is 13.3. The van der Waals surface area contributed by atoms with Gasteiger partial charge in [-0.2, -0.15) is 0 Å². The van der Waals surface area contributed by atoms with E-state index < -0.39 is 0 Å². The summed E-state index contributed by atoms with van der Waals surface area (Å²) in [6, 6.07) is 4.02. The predicted molar refractivity (Wildman–Crippen MR) is 85.7 cm³/mol. The summed E-state index contributed by atoms with van der Waals surface area (Å²) >= 11 is 0. The molecule has 6 nitrogen and oxygen atoms in total. The lowest BCUT2D eigenvalue weighted by Crippen LogP contribution is -2.43. The van der Waals surface area contributed by atoms with Crippen LogP contribution in [0.3, 0.4) is 0 Å². The normalized spacial score (nSPS) is 15.9. The van der Waals surface area contributed by atoms with Gasteiger partial charge in [-0.3, -0.25) is 19.6 Å². The number of carbonyl (C=O) groups is 1. The largest absolute Gasteiger partial charge is 0.379 e. The minimum Gasteiger partial charge on any atom is -0.379 e. The van der Waals surface area contributed by atoms with Crippen LogP contribution in [0.2, 0.25) is 0 Å². The van der Waals surface area contributed by atoms with E-state index in [9.17, 15) is 4.79 Å². The van der Waals surface area contributed by atoms with Crippen LogP contribution in [-0.4, -0.2) is 80.2 Å². The van der Waals surface area contributed by atoms with E-state index in [1.165, 1.54) is 5.56 Å². The first kappa shape index (κ1) is 16.9. The fourth-order valence-electron chi connectivity index (χ4n) is 2.43. The molecule has 1 aromatic rings. The molecule has 122 valence electrons. The number of carbonyl (C=O) groups excluding carboxylic acids is 1. The Morgan fingerprint density at radius 3 is 2.82 bits per heavy atom. The summed E-state index contributed by atoms with van der Waals surface area (Å²) in [5, 5.41) is 2.99. The van der Waals surface area contributed by atoms with Gasteiger partial charge in [0.15, 0.2) is 0 Å². The van der Waals surface area contributed by atoms with Crippen LogP contribution in [0.4, 0.5) is 0 Å². The van der Waals surface area contributed by atoms with Crippen molar-refractivity contribution in [3.8, 4) is 0 Å². The van der Waals surface area contributed by atoms with Crippen molar-refractivity contribution in [2.45, 2.75) is 6.42 Å². The van der Waals surface area contributed by atoms with Crippen molar-refractivity contribution in [1.82, 2.24) is 20.1 Å². The van der Waals surface area contributed by atoms with Gasteiger partial charge in [0.25, 0.3) is 0 Å². The number of nitrogens with one attached hydrogen (secondary N) is 1. The summed E-state index contributed by atoms with van der Waals surface area (Å²) in [7, 11) is 1.97. The molecule has 0 atom stereocenters. The Balaban J connectivity index is 1.55. The van der Waals surface area contributed by atoms with Crippen molar-refractivity contribution < 1.29 is 9.53 Å². The van der Waals surface area contributed by atoms with Gasteiger partial charge >= 0.3 is 0 Å². The molecule has 0 aliphatic carbocycles. The third-order valence-corrected chi connectivity index (χ3v) is 3.80. The minimum atomic E-state index is 0.0884. The second kappa shape index (κ2) is 9.50. The molecule has 2 rings (SSSR count). The van der Waals surface area contributed by atoms with Gasteiger partial charge < -0.3 is 10.1 Å². The zero-order chi connectivity index (χ0) is 15.6. The molecule has 22 heavy (non-hydrogen) atoms. The lowest BCUT2D eigenvalue weighted by atomic mass is 10.2. The number of aromatic nitrogens is 1. The molecule has 1 aliphatic heterocycles. The fraction of sp³-hybridized carbons (Fsp3) is 0.625. The highest BCUT2D eigenvalue weighted by Gasteiger charge is 2.11. The maximum Gasteiger partial charge on any atom is 0.234 e. The first-order valence-corrected chi connectivity index (χ1v) is 7.88. The molecule has 0 bridgehead atoms. The number of rotatable bonds is 8. The molecule has 1 aromatic heterocycles. The van der Waals surface area contributed by atoms with E-state index in [0.29, 0.717) is 13.1 Å². The van der Waals surface area contributed by atoms with E-state index >= 15 is 0 Å². The summed E-state index contributed by atoms with van der Waals surface area (Å²) in [5.41, 5.74) is 1.24. The summed E-state index contributed by atoms with van der Waals surface area (Å²) in [4.78, 5) is 20.3. The number of hydrogen-bond acceptors (Lipinski definition) is 5. The maximum atomic E-state index is 11.9. The second-order valence-corrected chi connectivity index (χ2v) is 5.65. The van der Waals surface area contributed by atoms with Crippen molar-refractivity contribution in [3.05, 3.63) is 30.1 Å². The highest BCUT2D eigenvalue weighted by atomic mass is 16.5. The Morgan fingerprint density at radius 1 is 1.36 bits per heavy atom. The van der Waals surface area contributed by atoms with Crippen molar-refractivity contribution >= 4 is 5.91 Å². The van der Waals surface area contributed by atoms with Crippen molar-refractivity contribution in [2.75, 3.05) is 59.5 Å². The number of likely N-dealkylation sites (N-methyl/N-ethyl adjacent to an activating group) is 1. The standard InChI is InChI=1S/C16H26N4O2/c1-19(8-4-15-2-5-17-6-3-15)14-16(21)18-7-9-20-10-12-22-13-11-20/h2-3,5-6H,4,7-14H2,1H3,(H,18,21). The minimum absolute atomic E-state index is 0.0884. The molecule has 6 heteroatoms. The van der Waals surface area contributed by atoms with Crippen LogP contribution in [0.25, 0.3) is 0 Å². The lowest BCUT2D eigenvalue weighted by molar-refractivity contribution is -0.122. The summed E-state index contributed by atoms with van der Waals surface area (Å²) in [5.74, 6) is 0.0884. The Kier molecular flexibility index (Phi) is 7.28. The summed E-state index contributed by atoms with van der Waals surface area (Å²) in [6.07, 6.45) is 4.53. The van der Waals surface area contributed by atoms with Gasteiger partial charge in [-0.1, -0.05) is 0 Å². The molecule has 0 saturated carbocycles. The third kappa shape index (κ3) is 6.51. The average Bonchev–Trinajstić information content (AvgIpc) is 2.55. The highest BCUT2D eigenvalue weighted by molar-refractivity contribution is 5.77. The van der Waals surface area contributed by atoms with E-state index in [1.807, 2.05) is 24.1 Å². The van der Waals surface area contributed by atoms with E-state index in [1.54, 1.807) is 12.4 Å². The molecular formula is C16H26N4O2. The quantitative estimate of drug-likeness (QED) is 0.733. The van der Waals surface area contributed by atoms with Gasteiger partial charge in [-0.25, -0.2) is 0 Å². The van der Waals surface area contributed by atoms with E-state index in [0.717, 1.165) is 45.8 Å². The van der Waals surface area contributed by atoms with Crippen LogP contribution in [0, 0.1) is 0 Å². The molecule has 1 N–H and O–H groups in total. The monoisotopic (exact) mass is 306 g/mol. The van der Waals surface area contributed by atoms with Crippen LogP contribution in [0.1, 0.15) is 5.56 Å². The number of amides is 1. The number of pyridine rings is 1. The summed E-state index contributed by atoms with van der Waals surface area (Å²) in [6.45, 7) is 6.42. The zero-order valence-electron chi connectivity index (χ0n) is 13.3. The Bertz CT molecular complexity index is 435. The van der Waals surface area contributed by atoms with E-state index in [2.05, 4.69) is 15.2 Å². The number of morpholine rings is 1. The molecule has 1 fully saturated rings. The Hall–Kier alpha value is -1.50. The van der Waals surface area contributed by atoms with E-state index in [4.69, 9.17) is 4.74 Å².